The van der Waals surface area contributed by atoms with E-state index in [9.17, 15) is 52.7 Å². The topological polar surface area (TPSA) is 0 Å². The summed E-state index contributed by atoms with van der Waals surface area (Å²) in [6.07, 6.45) is -23.8. The van der Waals surface area contributed by atoms with E-state index in [1.165, 1.54) is 0 Å². The first-order valence-corrected chi connectivity index (χ1v) is 3.77. The van der Waals surface area contributed by atoms with Crippen molar-refractivity contribution in [2.75, 3.05) is 0 Å². The highest BCUT2D eigenvalue weighted by atomic mass is 19.4. The summed E-state index contributed by atoms with van der Waals surface area (Å²) < 4.78 is 143. The standard InChI is InChI=1S/C7F12/c8-3(7(17,18)19)1(5(11,12)13)2(4(9)10)6(14,15)16/b3-1-. The Morgan fingerprint density at radius 1 is 0.474 bits per heavy atom. The summed E-state index contributed by atoms with van der Waals surface area (Å²) in [5, 5.41) is 0. The lowest BCUT2D eigenvalue weighted by Crippen LogP contribution is -2.28. The quantitative estimate of drug-likeness (QED) is 0.469. The monoisotopic (exact) mass is 312 g/mol. The van der Waals surface area contributed by atoms with Crippen molar-refractivity contribution in [2.24, 2.45) is 0 Å². The van der Waals surface area contributed by atoms with Gasteiger partial charge in [-0.1, -0.05) is 0 Å². The SMILES string of the molecule is FC(F)=C(/C(=C(/F)C(F)(F)F)C(F)(F)F)C(F)(F)F. The van der Waals surface area contributed by atoms with Crippen LogP contribution in [-0.2, 0) is 0 Å². The second-order valence-corrected chi connectivity index (χ2v) is 2.82. The molecule has 112 valence electrons. The van der Waals surface area contributed by atoms with E-state index in [1.807, 2.05) is 0 Å². The third kappa shape index (κ3) is 4.35. The number of rotatable bonds is 1. The second-order valence-electron chi connectivity index (χ2n) is 2.82. The van der Waals surface area contributed by atoms with Crippen LogP contribution in [0.2, 0.25) is 0 Å². The van der Waals surface area contributed by atoms with E-state index >= 15 is 0 Å². The third-order valence-corrected chi connectivity index (χ3v) is 1.47. The zero-order chi connectivity index (χ0) is 15.8. The van der Waals surface area contributed by atoms with E-state index in [1.54, 1.807) is 0 Å². The van der Waals surface area contributed by atoms with E-state index < -0.39 is 41.6 Å². The van der Waals surface area contributed by atoms with Crippen LogP contribution in [0.5, 0.6) is 0 Å². The van der Waals surface area contributed by atoms with Gasteiger partial charge in [0.2, 0.25) is 5.83 Å². The highest BCUT2D eigenvalue weighted by Gasteiger charge is 2.55. The van der Waals surface area contributed by atoms with E-state index in [2.05, 4.69) is 0 Å². The predicted molar refractivity (Wildman–Crippen MR) is 35.5 cm³/mol. The van der Waals surface area contributed by atoms with Gasteiger partial charge in [0, 0.05) is 0 Å². The molecular weight excluding hydrogens is 312 g/mol. The predicted octanol–water partition coefficient (Wildman–Crippen LogP) is 5.05. The van der Waals surface area contributed by atoms with Crippen molar-refractivity contribution in [3.63, 3.8) is 0 Å². The Bertz CT molecular complexity index is 395. The maximum Gasteiger partial charge on any atom is 0.443 e. The van der Waals surface area contributed by atoms with Gasteiger partial charge in [0.05, 0.1) is 0 Å². The average Bonchev–Trinajstić information content (AvgIpc) is 2.06. The van der Waals surface area contributed by atoms with Gasteiger partial charge in [0.25, 0.3) is 6.08 Å². The molecule has 0 radical (unpaired) electrons. The van der Waals surface area contributed by atoms with Crippen LogP contribution in [0.15, 0.2) is 23.1 Å². The number of hydrogen-bond acceptors (Lipinski definition) is 0. The van der Waals surface area contributed by atoms with Crippen molar-refractivity contribution in [1.82, 2.24) is 0 Å². The van der Waals surface area contributed by atoms with Gasteiger partial charge in [-0.15, -0.1) is 0 Å². The molecule has 0 fully saturated rings. The van der Waals surface area contributed by atoms with Gasteiger partial charge in [-0.05, 0) is 0 Å². The minimum Gasteiger partial charge on any atom is -0.201 e. The molecule has 0 aliphatic rings. The zero-order valence-corrected chi connectivity index (χ0v) is 8.04. The molecule has 0 amide bonds. The smallest absolute Gasteiger partial charge is 0.201 e. The maximum atomic E-state index is 12.4. The van der Waals surface area contributed by atoms with Crippen molar-refractivity contribution in [2.45, 2.75) is 18.5 Å². The molecule has 0 atom stereocenters. The Balaban J connectivity index is 6.46. The van der Waals surface area contributed by atoms with Gasteiger partial charge in [-0.3, -0.25) is 0 Å². The Morgan fingerprint density at radius 3 is 0.947 bits per heavy atom. The van der Waals surface area contributed by atoms with E-state index in [-0.39, 0.29) is 0 Å². The van der Waals surface area contributed by atoms with Crippen molar-refractivity contribution < 1.29 is 52.7 Å². The van der Waals surface area contributed by atoms with Crippen molar-refractivity contribution in [1.29, 1.82) is 0 Å². The van der Waals surface area contributed by atoms with Crippen LogP contribution >= 0.6 is 0 Å². The molecule has 0 bridgehead atoms. The number of hydrogen-bond donors (Lipinski definition) is 0. The van der Waals surface area contributed by atoms with Crippen LogP contribution in [0.4, 0.5) is 52.7 Å². The molecule has 0 spiro atoms. The number of halogens is 12. The van der Waals surface area contributed by atoms with E-state index in [4.69, 9.17) is 0 Å². The first-order chi connectivity index (χ1) is 8.10. The van der Waals surface area contributed by atoms with Gasteiger partial charge in [0.1, 0.15) is 11.1 Å². The van der Waals surface area contributed by atoms with Gasteiger partial charge >= 0.3 is 18.5 Å². The van der Waals surface area contributed by atoms with Gasteiger partial charge < -0.3 is 0 Å². The largest absolute Gasteiger partial charge is 0.443 e. The summed E-state index contributed by atoms with van der Waals surface area (Å²) in [6, 6.07) is 0. The molecule has 0 rings (SSSR count). The summed E-state index contributed by atoms with van der Waals surface area (Å²) in [7, 11) is 0. The highest BCUT2D eigenvalue weighted by molar-refractivity contribution is 5.42. The summed E-state index contributed by atoms with van der Waals surface area (Å²) in [6.45, 7) is 0. The first-order valence-electron chi connectivity index (χ1n) is 3.77. The summed E-state index contributed by atoms with van der Waals surface area (Å²) in [5.41, 5.74) is -8.14. The highest BCUT2D eigenvalue weighted by Crippen LogP contribution is 2.47. The molecule has 19 heavy (non-hydrogen) atoms. The van der Waals surface area contributed by atoms with Crippen molar-refractivity contribution in [3.8, 4) is 0 Å². The molecule has 0 nitrogen and oxygen atoms in total. The lowest BCUT2D eigenvalue weighted by molar-refractivity contribution is -0.138. The molecule has 0 N–H and O–H groups in total. The Hall–Kier alpha value is -1.36. The van der Waals surface area contributed by atoms with Crippen LogP contribution in [-0.4, -0.2) is 18.5 Å². The Morgan fingerprint density at radius 2 is 0.789 bits per heavy atom. The second kappa shape index (κ2) is 4.96. The molecule has 0 unspecified atom stereocenters. The fourth-order valence-corrected chi connectivity index (χ4v) is 0.861. The van der Waals surface area contributed by atoms with Gasteiger partial charge in [-0.2, -0.15) is 48.3 Å². The number of allylic oxidation sites excluding steroid dienone is 3. The fourth-order valence-electron chi connectivity index (χ4n) is 0.861. The molecule has 0 aromatic carbocycles. The van der Waals surface area contributed by atoms with Crippen LogP contribution < -0.4 is 0 Å². The van der Waals surface area contributed by atoms with Crippen LogP contribution in [0.3, 0.4) is 0 Å². The molecule has 0 aromatic heterocycles. The fraction of sp³-hybridized carbons (Fsp3) is 0.429. The molecular formula is C7F12. The van der Waals surface area contributed by atoms with Gasteiger partial charge in [-0.25, -0.2) is 4.39 Å². The minimum atomic E-state index is -6.62. The molecule has 0 saturated carbocycles. The summed E-state index contributed by atoms with van der Waals surface area (Å²) in [4.78, 5) is 0. The average molecular weight is 312 g/mol. The lowest BCUT2D eigenvalue weighted by Gasteiger charge is -2.18. The number of alkyl halides is 9. The van der Waals surface area contributed by atoms with E-state index in [0.29, 0.717) is 0 Å². The maximum absolute atomic E-state index is 12.4. The molecule has 0 saturated heterocycles. The van der Waals surface area contributed by atoms with Crippen LogP contribution in [0.1, 0.15) is 0 Å². The molecule has 0 aliphatic heterocycles. The normalized spacial score (nSPS) is 15.2. The molecule has 12 heteroatoms. The Kier molecular flexibility index (Phi) is 4.61. The van der Waals surface area contributed by atoms with Gasteiger partial charge in [0.15, 0.2) is 0 Å². The third-order valence-electron chi connectivity index (χ3n) is 1.47. The zero-order valence-electron chi connectivity index (χ0n) is 8.04. The van der Waals surface area contributed by atoms with Crippen LogP contribution in [0, 0.1) is 0 Å². The molecule has 0 aromatic rings. The lowest BCUT2D eigenvalue weighted by atomic mass is 10.0. The Labute approximate surface area is 95.5 Å². The first kappa shape index (κ1) is 17.6. The molecule has 0 heterocycles. The molecule has 0 aliphatic carbocycles. The summed E-state index contributed by atoms with van der Waals surface area (Å²) >= 11 is 0. The van der Waals surface area contributed by atoms with Crippen molar-refractivity contribution >= 4 is 0 Å². The van der Waals surface area contributed by atoms with Crippen LogP contribution in [0.25, 0.3) is 0 Å². The van der Waals surface area contributed by atoms with E-state index in [0.717, 1.165) is 0 Å². The summed E-state index contributed by atoms with van der Waals surface area (Å²) in [5.74, 6) is -4.31. The minimum absolute atomic E-state index is 4.02. The van der Waals surface area contributed by atoms with Crippen molar-refractivity contribution in [3.05, 3.63) is 23.1 Å².